The molecule has 0 aromatic rings. The summed E-state index contributed by atoms with van der Waals surface area (Å²) in [6.45, 7) is 8.14. The number of rotatable bonds is 9. The molecule has 1 heterocycles. The molecule has 0 bridgehead atoms. The molecule has 0 amide bonds. The van der Waals surface area contributed by atoms with Crippen molar-refractivity contribution < 1.29 is 14.3 Å². The van der Waals surface area contributed by atoms with E-state index in [-0.39, 0.29) is 35.9 Å². The van der Waals surface area contributed by atoms with Gasteiger partial charge >= 0.3 is 5.97 Å². The summed E-state index contributed by atoms with van der Waals surface area (Å²) in [7, 11) is 5.29. The number of aliphatic imine (C=N–C) groups is 1. The Labute approximate surface area is 169 Å². The van der Waals surface area contributed by atoms with Crippen LogP contribution in [0.4, 0.5) is 0 Å². The van der Waals surface area contributed by atoms with Crippen LogP contribution in [0.5, 0.6) is 0 Å². The van der Waals surface area contributed by atoms with Crippen LogP contribution in [0.2, 0.25) is 0 Å². The number of esters is 1. The Kier molecular flexibility index (Phi) is 14.2. The first-order chi connectivity index (χ1) is 11.6. The number of carbonyl (C=O) groups excluding carboxylic acids is 1. The third-order valence-electron chi connectivity index (χ3n) is 4.30. The highest BCUT2D eigenvalue weighted by Crippen LogP contribution is 2.18. The number of hydrogen-bond donors (Lipinski definition) is 1. The van der Waals surface area contributed by atoms with Crippen molar-refractivity contribution in [1.82, 2.24) is 15.1 Å². The van der Waals surface area contributed by atoms with E-state index < -0.39 is 0 Å². The Bertz CT molecular complexity index is 388. The Morgan fingerprint density at radius 3 is 2.52 bits per heavy atom. The van der Waals surface area contributed by atoms with Crippen LogP contribution < -0.4 is 5.32 Å². The SMILES string of the molecule is CCNC(=NCCCN(C)CCOC)N1CCC(C(=O)OC)CC1.I. The summed E-state index contributed by atoms with van der Waals surface area (Å²) in [5, 5.41) is 3.36. The number of carbonyl (C=O) groups is 1. The fourth-order valence-electron chi connectivity index (χ4n) is 2.80. The zero-order valence-corrected chi connectivity index (χ0v) is 18.5. The van der Waals surface area contributed by atoms with Crippen molar-refractivity contribution >= 4 is 35.9 Å². The van der Waals surface area contributed by atoms with Gasteiger partial charge in [-0.1, -0.05) is 0 Å². The van der Waals surface area contributed by atoms with Crippen LogP contribution in [-0.2, 0) is 14.3 Å². The molecule has 0 aliphatic carbocycles. The third-order valence-corrected chi connectivity index (χ3v) is 4.30. The van der Waals surface area contributed by atoms with Gasteiger partial charge in [0.25, 0.3) is 0 Å². The molecule has 8 heteroatoms. The maximum Gasteiger partial charge on any atom is 0.308 e. The first kappa shape index (κ1) is 24.4. The number of piperidine rings is 1. The predicted molar refractivity (Wildman–Crippen MR) is 112 cm³/mol. The van der Waals surface area contributed by atoms with Crippen molar-refractivity contribution in [2.24, 2.45) is 10.9 Å². The molecule has 0 radical (unpaired) electrons. The molecule has 148 valence electrons. The number of nitrogens with zero attached hydrogens (tertiary/aromatic N) is 3. The van der Waals surface area contributed by atoms with Crippen molar-refractivity contribution in [3.05, 3.63) is 0 Å². The number of likely N-dealkylation sites (tertiary alicyclic amines) is 1. The zero-order chi connectivity index (χ0) is 17.8. The average molecular weight is 470 g/mol. The smallest absolute Gasteiger partial charge is 0.308 e. The molecule has 0 saturated carbocycles. The van der Waals surface area contributed by atoms with E-state index in [1.165, 1.54) is 7.11 Å². The number of likely N-dealkylation sites (N-methyl/N-ethyl adjacent to an activating group) is 1. The number of ether oxygens (including phenoxy) is 2. The molecule has 0 spiro atoms. The van der Waals surface area contributed by atoms with E-state index in [2.05, 4.69) is 29.1 Å². The van der Waals surface area contributed by atoms with Gasteiger partial charge in [0.15, 0.2) is 5.96 Å². The van der Waals surface area contributed by atoms with Crippen LogP contribution in [-0.4, -0.2) is 88.9 Å². The van der Waals surface area contributed by atoms with E-state index in [4.69, 9.17) is 14.5 Å². The monoisotopic (exact) mass is 470 g/mol. The summed E-state index contributed by atoms with van der Waals surface area (Å²) in [4.78, 5) is 20.9. The molecule has 1 fully saturated rings. The summed E-state index contributed by atoms with van der Waals surface area (Å²) in [5.41, 5.74) is 0. The molecule has 0 aromatic heterocycles. The number of methoxy groups -OCH3 is 2. The van der Waals surface area contributed by atoms with E-state index in [0.717, 1.165) is 71.1 Å². The van der Waals surface area contributed by atoms with Crippen molar-refractivity contribution in [2.45, 2.75) is 26.2 Å². The molecule has 1 saturated heterocycles. The Balaban J connectivity index is 0.00000576. The Hall–Kier alpha value is -0.610. The highest BCUT2D eigenvalue weighted by Gasteiger charge is 2.26. The molecule has 0 aromatic carbocycles. The third kappa shape index (κ3) is 9.60. The largest absolute Gasteiger partial charge is 0.469 e. The minimum atomic E-state index is -0.0873. The van der Waals surface area contributed by atoms with Gasteiger partial charge in [0, 0.05) is 39.8 Å². The van der Waals surface area contributed by atoms with Gasteiger partial charge in [-0.25, -0.2) is 0 Å². The van der Waals surface area contributed by atoms with E-state index >= 15 is 0 Å². The van der Waals surface area contributed by atoms with E-state index in [1.807, 2.05) is 0 Å². The normalized spacial score (nSPS) is 15.9. The van der Waals surface area contributed by atoms with E-state index in [0.29, 0.717) is 0 Å². The summed E-state index contributed by atoms with van der Waals surface area (Å²) >= 11 is 0. The number of guanidine groups is 1. The quantitative estimate of drug-likeness (QED) is 0.181. The molecule has 7 nitrogen and oxygen atoms in total. The van der Waals surface area contributed by atoms with Crippen molar-refractivity contribution in [2.75, 3.05) is 67.1 Å². The lowest BCUT2D eigenvalue weighted by atomic mass is 9.97. The second-order valence-electron chi connectivity index (χ2n) is 6.17. The molecular weight excluding hydrogens is 435 g/mol. The van der Waals surface area contributed by atoms with Gasteiger partial charge in [-0.3, -0.25) is 9.79 Å². The van der Waals surface area contributed by atoms with Gasteiger partial charge in [-0.2, -0.15) is 0 Å². The van der Waals surface area contributed by atoms with Gasteiger partial charge < -0.3 is 24.6 Å². The molecule has 0 unspecified atom stereocenters. The minimum absolute atomic E-state index is 0. The van der Waals surface area contributed by atoms with Gasteiger partial charge in [0.05, 0.1) is 19.6 Å². The predicted octanol–water partition coefficient (Wildman–Crippen LogP) is 1.42. The zero-order valence-electron chi connectivity index (χ0n) is 16.1. The van der Waals surface area contributed by atoms with E-state index in [1.54, 1.807) is 7.11 Å². The standard InChI is InChI=1S/C17H34N4O3.HI/c1-5-18-17(19-9-6-10-20(2)13-14-23-3)21-11-7-15(8-12-21)16(22)24-4;/h15H,5-14H2,1-4H3,(H,18,19);1H. The van der Waals surface area contributed by atoms with Crippen molar-refractivity contribution in [3.63, 3.8) is 0 Å². The van der Waals surface area contributed by atoms with Crippen LogP contribution in [0.3, 0.4) is 0 Å². The number of hydrogen-bond acceptors (Lipinski definition) is 5. The molecule has 1 rings (SSSR count). The lowest BCUT2D eigenvalue weighted by Crippen LogP contribution is -2.46. The lowest BCUT2D eigenvalue weighted by Gasteiger charge is -2.33. The Morgan fingerprint density at radius 2 is 1.96 bits per heavy atom. The first-order valence-corrected chi connectivity index (χ1v) is 8.90. The maximum absolute atomic E-state index is 11.6. The van der Waals surface area contributed by atoms with Gasteiger partial charge in [-0.15, -0.1) is 24.0 Å². The van der Waals surface area contributed by atoms with Crippen LogP contribution >= 0.6 is 24.0 Å². The van der Waals surface area contributed by atoms with Crippen LogP contribution in [0, 0.1) is 5.92 Å². The second kappa shape index (κ2) is 14.5. The van der Waals surface area contributed by atoms with E-state index in [9.17, 15) is 4.79 Å². The van der Waals surface area contributed by atoms with Crippen LogP contribution in [0.15, 0.2) is 4.99 Å². The molecular formula is C17H35IN4O3. The number of halogens is 1. The van der Waals surface area contributed by atoms with Crippen LogP contribution in [0.25, 0.3) is 0 Å². The molecule has 1 N–H and O–H groups in total. The topological polar surface area (TPSA) is 66.4 Å². The van der Waals surface area contributed by atoms with Crippen molar-refractivity contribution in [3.8, 4) is 0 Å². The summed E-state index contributed by atoms with van der Waals surface area (Å²) in [6, 6.07) is 0. The molecule has 1 aliphatic heterocycles. The highest BCUT2D eigenvalue weighted by atomic mass is 127. The highest BCUT2D eigenvalue weighted by molar-refractivity contribution is 14.0. The summed E-state index contributed by atoms with van der Waals surface area (Å²) in [6.07, 6.45) is 2.68. The fourth-order valence-corrected chi connectivity index (χ4v) is 2.80. The van der Waals surface area contributed by atoms with Gasteiger partial charge in [0.1, 0.15) is 0 Å². The molecule has 0 atom stereocenters. The average Bonchev–Trinajstić information content (AvgIpc) is 2.62. The summed E-state index contributed by atoms with van der Waals surface area (Å²) in [5.74, 6) is 0.902. The van der Waals surface area contributed by atoms with Gasteiger partial charge in [-0.05, 0) is 39.8 Å². The lowest BCUT2D eigenvalue weighted by molar-refractivity contribution is -0.146. The van der Waals surface area contributed by atoms with Crippen LogP contribution in [0.1, 0.15) is 26.2 Å². The fraction of sp³-hybridized carbons (Fsp3) is 0.882. The molecule has 1 aliphatic rings. The second-order valence-corrected chi connectivity index (χ2v) is 6.17. The molecule has 25 heavy (non-hydrogen) atoms. The first-order valence-electron chi connectivity index (χ1n) is 8.90. The van der Waals surface area contributed by atoms with Gasteiger partial charge in [0.2, 0.25) is 0 Å². The minimum Gasteiger partial charge on any atom is -0.469 e. The maximum atomic E-state index is 11.6. The van der Waals surface area contributed by atoms with Crippen molar-refractivity contribution in [1.29, 1.82) is 0 Å². The Morgan fingerprint density at radius 1 is 1.28 bits per heavy atom. The number of nitrogens with one attached hydrogen (secondary N) is 1. The summed E-state index contributed by atoms with van der Waals surface area (Å²) < 4.78 is 9.93.